The molecule has 0 unspecified atom stereocenters. The van der Waals surface area contributed by atoms with E-state index < -0.39 is 32.4 Å². The van der Waals surface area contributed by atoms with E-state index in [2.05, 4.69) is 20.3 Å². The van der Waals surface area contributed by atoms with Gasteiger partial charge in [-0.2, -0.15) is 0 Å². The molecule has 0 amide bonds. The summed E-state index contributed by atoms with van der Waals surface area (Å²) in [4.78, 5) is 22.4. The van der Waals surface area contributed by atoms with Crippen molar-refractivity contribution in [3.05, 3.63) is 5.28 Å². The third-order valence-corrected chi connectivity index (χ3v) is 5.78. The van der Waals surface area contributed by atoms with Crippen LogP contribution in [0.1, 0.15) is 6.23 Å². The van der Waals surface area contributed by atoms with E-state index in [1.54, 1.807) is 11.6 Å². The molecule has 2 aliphatic heterocycles. The van der Waals surface area contributed by atoms with Gasteiger partial charge in [0.25, 0.3) is 0 Å². The molecule has 0 saturated carbocycles. The molecule has 0 spiro atoms. The minimum absolute atomic E-state index is 0.0476. The number of aliphatic hydroxyl groups is 1. The van der Waals surface area contributed by atoms with Gasteiger partial charge in [0.15, 0.2) is 0 Å². The Morgan fingerprint density at radius 1 is 1.44 bits per heavy atom. The maximum atomic E-state index is 10.7. The van der Waals surface area contributed by atoms with Gasteiger partial charge in [-0.1, -0.05) is 0 Å². The van der Waals surface area contributed by atoms with Crippen molar-refractivity contribution in [1.29, 1.82) is 0 Å². The van der Waals surface area contributed by atoms with Crippen LogP contribution in [0.3, 0.4) is 0 Å². The molecule has 4 atom stereocenters. The molecule has 136 valence electrons. The van der Waals surface area contributed by atoms with E-state index >= 15 is 0 Å². The standard InChI is InChI=1S/C11H17BClN6O5P/c1-15-11-16-4-7(14)17-10(13)18-8(4)19(11)9-5(20)6-3(23-9)2-22-25(12,21)24-6/h3,5-6,9,20-21,25H,2,12H2,1H3,(H,15,16)(H2,14,17,18)/t3-,5+,6+,9-/m1/s1. The van der Waals surface area contributed by atoms with Gasteiger partial charge in [-0.05, 0) is 0 Å². The third-order valence-electron chi connectivity index (χ3n) is 4.20. The van der Waals surface area contributed by atoms with Gasteiger partial charge < -0.3 is 0 Å². The van der Waals surface area contributed by atoms with Crippen LogP contribution in [0.25, 0.3) is 11.2 Å². The quantitative estimate of drug-likeness (QED) is 0.280. The van der Waals surface area contributed by atoms with Crippen molar-refractivity contribution < 1.29 is 23.8 Å². The van der Waals surface area contributed by atoms with E-state index in [0.29, 0.717) is 17.1 Å². The number of hydrogen-bond acceptors (Lipinski definition) is 10. The number of nitrogens with zero attached hydrogens (tertiary/aromatic N) is 4. The zero-order chi connectivity index (χ0) is 17.9. The first kappa shape index (κ1) is 17.2. The summed E-state index contributed by atoms with van der Waals surface area (Å²) in [5, 5.41) is 13.6. The summed E-state index contributed by atoms with van der Waals surface area (Å²) in [6.45, 7) is 0.122. The number of anilines is 2. The fourth-order valence-corrected chi connectivity index (χ4v) is 4.63. The summed E-state index contributed by atoms with van der Waals surface area (Å²) in [5.41, 5.74) is 6.51. The Bertz CT molecular complexity index is 839. The molecule has 2 aromatic heterocycles. The Labute approximate surface area is 148 Å². The van der Waals surface area contributed by atoms with Crippen LogP contribution in [0.2, 0.25) is 5.28 Å². The van der Waals surface area contributed by atoms with Gasteiger partial charge in [-0.3, -0.25) is 0 Å². The van der Waals surface area contributed by atoms with Gasteiger partial charge in [0.05, 0.1) is 0 Å². The SMILES string of the molecule is B[PH]1(O)OC[C@H]2O[C@@H](n3c(NC)nc4c(N)nc(Cl)nc43)[C@@H](O)[C@H]2O1. The number of imidazole rings is 1. The molecule has 4 heterocycles. The number of nitrogen functional groups attached to an aromatic ring is 1. The maximum absolute atomic E-state index is 10.7. The third kappa shape index (κ3) is 2.74. The summed E-state index contributed by atoms with van der Waals surface area (Å²) in [6.07, 6.45) is -3.21. The average molecular weight is 391 g/mol. The van der Waals surface area contributed by atoms with Crippen LogP contribution in [-0.2, 0) is 13.8 Å². The first-order valence-corrected chi connectivity index (χ1v) is 10.2. The van der Waals surface area contributed by atoms with Crippen LogP contribution < -0.4 is 11.1 Å². The van der Waals surface area contributed by atoms with Crippen molar-refractivity contribution in [3.8, 4) is 0 Å². The fraction of sp³-hybridized carbons (Fsp3) is 0.545. The summed E-state index contributed by atoms with van der Waals surface area (Å²) in [5.74, 6) is 0.482. The summed E-state index contributed by atoms with van der Waals surface area (Å²) in [7, 11) is -0.123. The Morgan fingerprint density at radius 2 is 2.20 bits per heavy atom. The number of aromatic nitrogens is 4. The van der Waals surface area contributed by atoms with Crippen molar-refractivity contribution >= 4 is 49.9 Å². The molecule has 0 radical (unpaired) electrons. The second kappa shape index (κ2) is 5.88. The van der Waals surface area contributed by atoms with Crippen LogP contribution in [-0.4, -0.2) is 69.1 Å². The van der Waals surface area contributed by atoms with Crippen molar-refractivity contribution in [2.24, 2.45) is 0 Å². The van der Waals surface area contributed by atoms with E-state index in [1.165, 1.54) is 7.57 Å². The molecular formula is C11H17BClN6O5P. The number of aliphatic hydroxyl groups excluding tert-OH is 1. The number of hydrogen-bond donors (Lipinski definition) is 4. The number of halogens is 1. The molecule has 2 saturated heterocycles. The Balaban J connectivity index is 1.80. The van der Waals surface area contributed by atoms with Crippen LogP contribution >= 0.6 is 19.4 Å². The predicted molar refractivity (Wildman–Crippen MR) is 94.1 cm³/mol. The van der Waals surface area contributed by atoms with E-state index in [1.807, 2.05) is 0 Å². The molecular weight excluding hydrogens is 373 g/mol. The van der Waals surface area contributed by atoms with E-state index in [-0.39, 0.29) is 17.7 Å². The summed E-state index contributed by atoms with van der Waals surface area (Å²) >= 11 is 5.91. The second-order valence-electron chi connectivity index (χ2n) is 5.95. The van der Waals surface area contributed by atoms with Crippen LogP contribution in [0.4, 0.5) is 11.8 Å². The van der Waals surface area contributed by atoms with Gasteiger partial charge >= 0.3 is 148 Å². The Kier molecular flexibility index (Phi) is 4.04. The predicted octanol–water partition coefficient (Wildman–Crippen LogP) is -1.19. The van der Waals surface area contributed by atoms with Crippen molar-refractivity contribution in [3.63, 3.8) is 0 Å². The topological polar surface area (TPSA) is 150 Å². The fourth-order valence-electron chi connectivity index (χ4n) is 3.12. The van der Waals surface area contributed by atoms with Crippen LogP contribution in [0.15, 0.2) is 0 Å². The molecule has 2 aromatic rings. The van der Waals surface area contributed by atoms with Crippen molar-refractivity contribution in [1.82, 2.24) is 19.5 Å². The van der Waals surface area contributed by atoms with Gasteiger partial charge in [-0.25, -0.2) is 0 Å². The molecule has 4 rings (SSSR count). The molecule has 0 aliphatic carbocycles. The zero-order valence-electron chi connectivity index (χ0n) is 13.4. The molecule has 0 aromatic carbocycles. The minimum atomic E-state index is -3.27. The molecule has 5 N–H and O–H groups in total. The van der Waals surface area contributed by atoms with Crippen LogP contribution in [0, 0.1) is 0 Å². The van der Waals surface area contributed by atoms with E-state index in [4.69, 9.17) is 31.1 Å². The molecule has 25 heavy (non-hydrogen) atoms. The Morgan fingerprint density at radius 3 is 2.92 bits per heavy atom. The van der Waals surface area contributed by atoms with Gasteiger partial charge in [-0.15, -0.1) is 0 Å². The van der Waals surface area contributed by atoms with Crippen molar-refractivity contribution in [2.45, 2.75) is 24.5 Å². The first-order chi connectivity index (χ1) is 11.8. The number of rotatable bonds is 2. The Hall–Kier alpha value is -1.27. The molecule has 2 fully saturated rings. The first-order valence-electron chi connectivity index (χ1n) is 7.57. The van der Waals surface area contributed by atoms with Crippen LogP contribution in [0.5, 0.6) is 0 Å². The molecule has 2 aliphatic rings. The number of nitrogens with two attached hydrogens (primary N) is 1. The van der Waals surface area contributed by atoms with Crippen molar-refractivity contribution in [2.75, 3.05) is 24.7 Å². The monoisotopic (exact) mass is 390 g/mol. The molecule has 14 heteroatoms. The summed E-state index contributed by atoms with van der Waals surface area (Å²) < 4.78 is 18.3. The number of fused-ring (bicyclic) bond motifs is 2. The van der Waals surface area contributed by atoms with E-state index in [9.17, 15) is 10.00 Å². The second-order valence-corrected chi connectivity index (χ2v) is 8.61. The van der Waals surface area contributed by atoms with Gasteiger partial charge in [0.2, 0.25) is 0 Å². The normalized spacial score (nSPS) is 32.5. The zero-order valence-corrected chi connectivity index (χ0v) is 15.1. The van der Waals surface area contributed by atoms with Gasteiger partial charge in [0, 0.05) is 0 Å². The van der Waals surface area contributed by atoms with E-state index in [0.717, 1.165) is 0 Å². The number of nitrogens with one attached hydrogen (secondary N) is 1. The average Bonchev–Trinajstić information content (AvgIpc) is 3.05. The molecule has 0 bridgehead atoms. The van der Waals surface area contributed by atoms with Gasteiger partial charge in [0.1, 0.15) is 0 Å². The number of ether oxygens (including phenoxy) is 1. The molecule has 11 nitrogen and oxygen atoms in total. The summed E-state index contributed by atoms with van der Waals surface area (Å²) in [6, 6.07) is 0.